The van der Waals surface area contributed by atoms with Gasteiger partial charge in [0.1, 0.15) is 5.82 Å². The van der Waals surface area contributed by atoms with E-state index in [9.17, 15) is 13.2 Å². The molecule has 25 heavy (non-hydrogen) atoms. The Balaban J connectivity index is 2.14. The molecule has 0 aliphatic heterocycles. The standard InChI is InChI=1S/C18H15ClF3N3/c1-11(18(20,21)22)12-7-13(9-14(19)8-12)16-10-17(23)24-25(16)15-5-3-2-4-6-15/h2-11H,1H3,(H2,23,24)/t11-/m0/s1. The van der Waals surface area contributed by atoms with E-state index >= 15 is 0 Å². The number of alkyl halides is 3. The molecule has 0 saturated heterocycles. The SMILES string of the molecule is C[C@@H](c1cc(Cl)cc(-c2cc(N)nn2-c2ccccc2)c1)C(F)(F)F. The fourth-order valence-electron chi connectivity index (χ4n) is 2.57. The van der Waals surface area contributed by atoms with Crippen LogP contribution in [-0.4, -0.2) is 16.0 Å². The van der Waals surface area contributed by atoms with Gasteiger partial charge in [-0.15, -0.1) is 0 Å². The van der Waals surface area contributed by atoms with Gasteiger partial charge < -0.3 is 5.73 Å². The number of nitrogen functional groups attached to an aromatic ring is 1. The van der Waals surface area contributed by atoms with E-state index in [4.69, 9.17) is 17.3 Å². The van der Waals surface area contributed by atoms with Gasteiger partial charge in [0.15, 0.2) is 0 Å². The van der Waals surface area contributed by atoms with Crippen LogP contribution in [-0.2, 0) is 0 Å². The lowest BCUT2D eigenvalue weighted by Gasteiger charge is -2.17. The molecule has 1 atom stereocenters. The van der Waals surface area contributed by atoms with Crippen molar-refractivity contribution >= 4 is 17.4 Å². The summed E-state index contributed by atoms with van der Waals surface area (Å²) in [6.45, 7) is 1.11. The summed E-state index contributed by atoms with van der Waals surface area (Å²) in [6.07, 6.45) is -4.35. The monoisotopic (exact) mass is 365 g/mol. The number of halogens is 4. The van der Waals surface area contributed by atoms with Gasteiger partial charge in [-0.05, 0) is 42.8 Å². The lowest BCUT2D eigenvalue weighted by atomic mass is 9.97. The highest BCUT2D eigenvalue weighted by molar-refractivity contribution is 6.31. The molecule has 130 valence electrons. The summed E-state index contributed by atoms with van der Waals surface area (Å²) in [4.78, 5) is 0. The summed E-state index contributed by atoms with van der Waals surface area (Å²) in [5, 5.41) is 4.46. The number of rotatable bonds is 3. The van der Waals surface area contributed by atoms with Gasteiger partial charge in [-0.25, -0.2) is 4.68 Å². The van der Waals surface area contributed by atoms with E-state index in [1.165, 1.54) is 12.1 Å². The van der Waals surface area contributed by atoms with Crippen molar-refractivity contribution < 1.29 is 13.2 Å². The first-order valence-electron chi connectivity index (χ1n) is 7.54. The average molecular weight is 366 g/mol. The third kappa shape index (κ3) is 3.64. The summed E-state index contributed by atoms with van der Waals surface area (Å²) in [5.41, 5.74) is 7.75. The zero-order valence-corrected chi connectivity index (χ0v) is 14.0. The van der Waals surface area contributed by atoms with Crippen molar-refractivity contribution in [2.45, 2.75) is 19.0 Å². The minimum atomic E-state index is -4.35. The molecule has 0 aliphatic rings. The molecule has 3 nitrogen and oxygen atoms in total. The Kier molecular flexibility index (Phi) is 4.47. The van der Waals surface area contributed by atoms with Gasteiger partial charge in [0.25, 0.3) is 0 Å². The van der Waals surface area contributed by atoms with E-state index < -0.39 is 12.1 Å². The molecule has 0 amide bonds. The molecule has 2 N–H and O–H groups in total. The molecule has 3 aromatic rings. The topological polar surface area (TPSA) is 43.8 Å². The molecule has 0 bridgehead atoms. The molecule has 7 heteroatoms. The largest absolute Gasteiger partial charge is 0.395 e. The Bertz CT molecular complexity index is 888. The van der Waals surface area contributed by atoms with Crippen LogP contribution in [0.3, 0.4) is 0 Å². The normalized spacial score (nSPS) is 13.0. The van der Waals surface area contributed by atoms with Crippen LogP contribution >= 0.6 is 11.6 Å². The molecule has 3 rings (SSSR count). The highest BCUT2D eigenvalue weighted by Crippen LogP contribution is 2.37. The molecule has 0 spiro atoms. The van der Waals surface area contributed by atoms with Crippen molar-refractivity contribution in [1.29, 1.82) is 0 Å². The van der Waals surface area contributed by atoms with Crippen LogP contribution in [0.1, 0.15) is 18.4 Å². The van der Waals surface area contributed by atoms with E-state index in [0.717, 1.165) is 12.6 Å². The number of anilines is 1. The minimum absolute atomic E-state index is 0.0920. The summed E-state index contributed by atoms with van der Waals surface area (Å²) < 4.78 is 40.8. The average Bonchev–Trinajstić information content (AvgIpc) is 2.95. The molecule has 0 saturated carbocycles. The highest BCUT2D eigenvalue weighted by atomic mass is 35.5. The van der Waals surface area contributed by atoms with Gasteiger partial charge in [0.05, 0.1) is 17.3 Å². The first kappa shape index (κ1) is 17.4. The molecule has 0 aliphatic carbocycles. The van der Waals surface area contributed by atoms with Gasteiger partial charge >= 0.3 is 6.18 Å². The first-order valence-corrected chi connectivity index (χ1v) is 7.92. The second-order valence-electron chi connectivity index (χ2n) is 5.74. The van der Waals surface area contributed by atoms with Crippen molar-refractivity contribution in [2.24, 2.45) is 0 Å². The maximum Gasteiger partial charge on any atom is 0.395 e. The van der Waals surface area contributed by atoms with E-state index in [1.54, 1.807) is 16.8 Å². The lowest BCUT2D eigenvalue weighted by Crippen LogP contribution is -2.17. The number of nitrogens with zero attached hydrogens (tertiary/aromatic N) is 2. The second-order valence-corrected chi connectivity index (χ2v) is 6.17. The van der Waals surface area contributed by atoms with Gasteiger partial charge in [-0.1, -0.05) is 29.8 Å². The van der Waals surface area contributed by atoms with Gasteiger partial charge in [-0.2, -0.15) is 18.3 Å². The van der Waals surface area contributed by atoms with Crippen LogP contribution in [0.2, 0.25) is 5.02 Å². The van der Waals surface area contributed by atoms with E-state index in [-0.39, 0.29) is 16.4 Å². The van der Waals surface area contributed by atoms with Crippen molar-refractivity contribution in [3.8, 4) is 16.9 Å². The Morgan fingerprint density at radius 2 is 1.76 bits per heavy atom. The zero-order valence-electron chi connectivity index (χ0n) is 13.3. The van der Waals surface area contributed by atoms with E-state index in [1.807, 2.05) is 30.3 Å². The number of nitrogens with two attached hydrogens (primary N) is 1. The van der Waals surface area contributed by atoms with Crippen LogP contribution in [0.4, 0.5) is 19.0 Å². The van der Waals surface area contributed by atoms with Crippen molar-refractivity contribution in [1.82, 2.24) is 9.78 Å². The summed E-state index contributed by atoms with van der Waals surface area (Å²) in [6, 6.07) is 15.2. The van der Waals surface area contributed by atoms with Crippen molar-refractivity contribution in [3.05, 3.63) is 65.2 Å². The number of hydrogen-bond acceptors (Lipinski definition) is 2. The molecular weight excluding hydrogens is 351 g/mol. The first-order chi connectivity index (χ1) is 11.8. The van der Waals surface area contributed by atoms with Gasteiger partial charge in [0.2, 0.25) is 0 Å². The Morgan fingerprint density at radius 1 is 1.08 bits per heavy atom. The fourth-order valence-corrected chi connectivity index (χ4v) is 2.81. The summed E-state index contributed by atoms with van der Waals surface area (Å²) in [5.74, 6) is -1.36. The van der Waals surface area contributed by atoms with Crippen LogP contribution < -0.4 is 5.73 Å². The van der Waals surface area contributed by atoms with Crippen LogP contribution in [0.25, 0.3) is 16.9 Å². The fraction of sp³-hybridized carbons (Fsp3) is 0.167. The third-order valence-corrected chi connectivity index (χ3v) is 4.15. The van der Waals surface area contributed by atoms with Gasteiger partial charge in [-0.3, -0.25) is 0 Å². The molecule has 0 unspecified atom stereocenters. The summed E-state index contributed by atoms with van der Waals surface area (Å²) in [7, 11) is 0. The Labute approximate surface area is 147 Å². The number of hydrogen-bond donors (Lipinski definition) is 1. The van der Waals surface area contributed by atoms with Crippen LogP contribution in [0.5, 0.6) is 0 Å². The Hall–Kier alpha value is -2.47. The zero-order chi connectivity index (χ0) is 18.2. The number of aromatic nitrogens is 2. The highest BCUT2D eigenvalue weighted by Gasteiger charge is 2.37. The molecule has 0 radical (unpaired) electrons. The number of benzene rings is 2. The second kappa shape index (κ2) is 6.44. The quantitative estimate of drug-likeness (QED) is 0.671. The predicted molar refractivity (Wildman–Crippen MR) is 92.9 cm³/mol. The maximum atomic E-state index is 13.1. The smallest absolute Gasteiger partial charge is 0.382 e. The number of para-hydroxylation sites is 1. The molecule has 0 fully saturated rings. The molecule has 2 aromatic carbocycles. The van der Waals surface area contributed by atoms with Crippen LogP contribution in [0, 0.1) is 0 Å². The summed E-state index contributed by atoms with van der Waals surface area (Å²) >= 11 is 6.07. The minimum Gasteiger partial charge on any atom is -0.382 e. The van der Waals surface area contributed by atoms with Gasteiger partial charge in [0, 0.05) is 16.7 Å². The van der Waals surface area contributed by atoms with E-state index in [2.05, 4.69) is 5.10 Å². The predicted octanol–water partition coefficient (Wildman–Crippen LogP) is 5.44. The molecule has 1 heterocycles. The Morgan fingerprint density at radius 3 is 2.40 bits per heavy atom. The molecule has 1 aromatic heterocycles. The van der Waals surface area contributed by atoms with Crippen molar-refractivity contribution in [3.63, 3.8) is 0 Å². The lowest BCUT2D eigenvalue weighted by molar-refractivity contribution is -0.146. The van der Waals surface area contributed by atoms with Crippen molar-refractivity contribution in [2.75, 3.05) is 5.73 Å². The maximum absolute atomic E-state index is 13.1. The van der Waals surface area contributed by atoms with E-state index in [0.29, 0.717) is 11.3 Å². The third-order valence-electron chi connectivity index (χ3n) is 3.94. The van der Waals surface area contributed by atoms with Crippen LogP contribution in [0.15, 0.2) is 54.6 Å². The molecular formula is C18H15ClF3N3.